The third-order valence-electron chi connectivity index (χ3n) is 3.09. The van der Waals surface area contributed by atoms with E-state index in [4.69, 9.17) is 0 Å². The molecular weight excluding hydrogens is 300 g/mol. The molecule has 3 rings (SSSR count). The number of halogens is 2. The maximum atomic E-state index is 13.6. The van der Waals surface area contributed by atoms with Crippen molar-refractivity contribution >= 4 is 34.5 Å². The Labute approximate surface area is 121 Å². The fraction of sp³-hybridized carbons (Fsp3) is 0.0714. The van der Waals surface area contributed by atoms with Gasteiger partial charge in [-0.15, -0.1) is 11.3 Å². The van der Waals surface area contributed by atoms with Crippen LogP contribution in [-0.2, 0) is 4.79 Å². The van der Waals surface area contributed by atoms with Gasteiger partial charge in [0, 0.05) is 6.07 Å². The molecule has 1 aromatic heterocycles. The average molecular weight is 307 g/mol. The third kappa shape index (κ3) is 2.15. The Morgan fingerprint density at radius 3 is 2.67 bits per heavy atom. The summed E-state index contributed by atoms with van der Waals surface area (Å²) in [6.45, 7) is -0.430. The normalized spacial score (nSPS) is 13.7. The smallest absolute Gasteiger partial charge is 0.297 e. The number of anilines is 1. The second-order valence-corrected chi connectivity index (χ2v) is 5.35. The molecule has 1 amide bonds. The van der Waals surface area contributed by atoms with E-state index >= 15 is 0 Å². The number of fused-ring (bicyclic) bond motifs is 1. The van der Waals surface area contributed by atoms with Crippen molar-refractivity contribution in [2.45, 2.75) is 0 Å². The molecule has 0 N–H and O–H groups in total. The molecule has 21 heavy (non-hydrogen) atoms. The van der Waals surface area contributed by atoms with Gasteiger partial charge in [0.2, 0.25) is 0 Å². The molecule has 0 saturated carbocycles. The lowest BCUT2D eigenvalue weighted by Gasteiger charge is -2.15. The molecule has 4 nitrogen and oxygen atoms in total. The first kappa shape index (κ1) is 13.6. The molecule has 0 fully saturated rings. The van der Waals surface area contributed by atoms with Gasteiger partial charge in [-0.05, 0) is 17.5 Å². The number of carbonyl (C=O) groups excluding carboxylic acids is 3. The van der Waals surface area contributed by atoms with Crippen molar-refractivity contribution in [2.24, 2.45) is 0 Å². The summed E-state index contributed by atoms with van der Waals surface area (Å²) in [6, 6.07) is 4.65. The number of ketones is 2. The van der Waals surface area contributed by atoms with Crippen LogP contribution in [-0.4, -0.2) is 24.0 Å². The Morgan fingerprint density at radius 1 is 1.24 bits per heavy atom. The van der Waals surface area contributed by atoms with Crippen LogP contribution >= 0.6 is 11.3 Å². The highest BCUT2D eigenvalue weighted by molar-refractivity contribution is 7.12. The molecule has 0 atom stereocenters. The minimum Gasteiger partial charge on any atom is -0.297 e. The molecule has 0 saturated heterocycles. The Morgan fingerprint density at radius 2 is 2.00 bits per heavy atom. The number of carbonyl (C=O) groups is 3. The van der Waals surface area contributed by atoms with Gasteiger partial charge in [0.05, 0.1) is 22.7 Å². The first-order chi connectivity index (χ1) is 9.99. The van der Waals surface area contributed by atoms with Gasteiger partial charge in [-0.3, -0.25) is 19.3 Å². The van der Waals surface area contributed by atoms with Gasteiger partial charge < -0.3 is 0 Å². The molecule has 0 unspecified atom stereocenters. The van der Waals surface area contributed by atoms with Crippen LogP contribution < -0.4 is 4.90 Å². The molecular formula is C14H7F2NO3S. The summed E-state index contributed by atoms with van der Waals surface area (Å²) in [5, 5.41) is 1.69. The zero-order valence-corrected chi connectivity index (χ0v) is 11.2. The summed E-state index contributed by atoms with van der Waals surface area (Å²) < 4.78 is 26.9. The van der Waals surface area contributed by atoms with Gasteiger partial charge in [-0.25, -0.2) is 8.78 Å². The predicted molar refractivity (Wildman–Crippen MR) is 71.7 cm³/mol. The second-order valence-electron chi connectivity index (χ2n) is 4.40. The molecule has 0 radical (unpaired) electrons. The van der Waals surface area contributed by atoms with E-state index in [1.165, 1.54) is 11.3 Å². The predicted octanol–water partition coefficient (Wildman–Crippen LogP) is 2.44. The van der Waals surface area contributed by atoms with Gasteiger partial charge in [0.25, 0.3) is 11.7 Å². The summed E-state index contributed by atoms with van der Waals surface area (Å²) >= 11 is 1.18. The van der Waals surface area contributed by atoms with E-state index in [2.05, 4.69) is 0 Å². The van der Waals surface area contributed by atoms with Crippen molar-refractivity contribution in [1.29, 1.82) is 0 Å². The number of benzene rings is 1. The maximum absolute atomic E-state index is 13.6. The van der Waals surface area contributed by atoms with Crippen molar-refractivity contribution in [2.75, 3.05) is 11.4 Å². The molecule has 2 heterocycles. The first-order valence-corrected chi connectivity index (χ1v) is 6.79. The zero-order chi connectivity index (χ0) is 15.1. The minimum absolute atomic E-state index is 0.201. The fourth-order valence-corrected chi connectivity index (χ4v) is 2.81. The van der Waals surface area contributed by atoms with Gasteiger partial charge in [0.15, 0.2) is 5.78 Å². The number of Topliss-reactive ketones (excluding diaryl/α,β-unsaturated/α-hetero) is 2. The lowest BCUT2D eigenvalue weighted by Crippen LogP contribution is -2.34. The average Bonchev–Trinajstić information content (AvgIpc) is 3.02. The van der Waals surface area contributed by atoms with Crippen LogP contribution in [0.25, 0.3) is 0 Å². The van der Waals surface area contributed by atoms with Crippen molar-refractivity contribution in [3.63, 3.8) is 0 Å². The highest BCUT2D eigenvalue weighted by Crippen LogP contribution is 2.32. The van der Waals surface area contributed by atoms with Gasteiger partial charge in [-0.2, -0.15) is 0 Å². The Hall–Kier alpha value is -2.41. The van der Waals surface area contributed by atoms with Crippen LogP contribution in [0, 0.1) is 11.6 Å². The van der Waals surface area contributed by atoms with Crippen molar-refractivity contribution in [3.8, 4) is 0 Å². The van der Waals surface area contributed by atoms with Gasteiger partial charge >= 0.3 is 0 Å². The quantitative estimate of drug-likeness (QED) is 0.646. The van der Waals surface area contributed by atoms with E-state index in [0.29, 0.717) is 10.9 Å². The highest BCUT2D eigenvalue weighted by atomic mass is 32.1. The fourth-order valence-electron chi connectivity index (χ4n) is 2.15. The number of rotatable bonds is 3. The van der Waals surface area contributed by atoms with E-state index in [9.17, 15) is 23.2 Å². The molecule has 106 valence electrons. The summed E-state index contributed by atoms with van der Waals surface area (Å²) in [7, 11) is 0. The molecule has 0 aliphatic carbocycles. The van der Waals surface area contributed by atoms with Gasteiger partial charge in [0.1, 0.15) is 11.6 Å². The van der Waals surface area contributed by atoms with E-state index in [1.54, 1.807) is 17.5 Å². The molecule has 0 spiro atoms. The van der Waals surface area contributed by atoms with Crippen molar-refractivity contribution < 1.29 is 23.2 Å². The second kappa shape index (κ2) is 4.85. The maximum Gasteiger partial charge on any atom is 0.300 e. The summed E-state index contributed by atoms with van der Waals surface area (Å²) in [4.78, 5) is 36.8. The molecule has 1 aliphatic heterocycles. The van der Waals surface area contributed by atoms with E-state index in [1.807, 2.05) is 0 Å². The number of nitrogens with zero attached hydrogens (tertiary/aromatic N) is 1. The first-order valence-electron chi connectivity index (χ1n) is 5.91. The SMILES string of the molecule is O=C(CN1C(=O)C(=O)c2c(F)cc(F)cc21)c1cccs1. The largest absolute Gasteiger partial charge is 0.300 e. The van der Waals surface area contributed by atoms with Crippen molar-refractivity contribution in [3.05, 3.63) is 51.7 Å². The van der Waals surface area contributed by atoms with E-state index in [-0.39, 0.29) is 5.69 Å². The Bertz CT molecular complexity index is 771. The summed E-state index contributed by atoms with van der Waals surface area (Å²) in [5.74, 6) is -4.51. The molecule has 1 aromatic carbocycles. The van der Waals surface area contributed by atoms with Crippen LogP contribution in [0.1, 0.15) is 20.0 Å². The molecule has 7 heteroatoms. The zero-order valence-electron chi connectivity index (χ0n) is 10.4. The third-order valence-corrected chi connectivity index (χ3v) is 4.00. The number of amides is 1. The van der Waals surface area contributed by atoms with Gasteiger partial charge in [-0.1, -0.05) is 6.07 Å². The summed E-state index contributed by atoms with van der Waals surface area (Å²) in [6.07, 6.45) is 0. The number of thiophene rings is 1. The minimum atomic E-state index is -1.10. The van der Waals surface area contributed by atoms with Crippen molar-refractivity contribution in [1.82, 2.24) is 0 Å². The lowest BCUT2D eigenvalue weighted by atomic mass is 10.1. The molecule has 1 aliphatic rings. The van der Waals surface area contributed by atoms with Crippen LogP contribution in [0.2, 0.25) is 0 Å². The summed E-state index contributed by atoms with van der Waals surface area (Å²) in [5.41, 5.74) is -0.687. The molecule has 2 aromatic rings. The number of hydrogen-bond donors (Lipinski definition) is 0. The Kier molecular flexibility index (Phi) is 3.13. The van der Waals surface area contributed by atoms with Crippen LogP contribution in [0.15, 0.2) is 29.6 Å². The monoisotopic (exact) mass is 307 g/mol. The highest BCUT2D eigenvalue weighted by Gasteiger charge is 2.39. The van der Waals surface area contributed by atoms with Crippen LogP contribution in [0.4, 0.5) is 14.5 Å². The van der Waals surface area contributed by atoms with E-state index in [0.717, 1.165) is 11.0 Å². The lowest BCUT2D eigenvalue weighted by molar-refractivity contribution is -0.114. The topological polar surface area (TPSA) is 54.5 Å². The van der Waals surface area contributed by atoms with Crippen LogP contribution in [0.5, 0.6) is 0 Å². The number of hydrogen-bond acceptors (Lipinski definition) is 4. The Balaban J connectivity index is 2.00. The van der Waals surface area contributed by atoms with Crippen LogP contribution in [0.3, 0.4) is 0 Å². The van der Waals surface area contributed by atoms with E-state index < -0.39 is 41.2 Å². The standard InChI is InChI=1S/C14H7F2NO3S/c15-7-4-8(16)12-9(5-7)17(14(20)13(12)19)6-10(18)11-2-1-3-21-11/h1-5H,6H2. The molecule has 0 bridgehead atoms.